The molecule has 0 aliphatic carbocycles. The third kappa shape index (κ3) is 3.70. The van der Waals surface area contributed by atoms with Crippen LogP contribution in [0, 0.1) is 0 Å². The molecule has 0 amide bonds. The Kier molecular flexibility index (Phi) is 4.51. The summed E-state index contributed by atoms with van der Waals surface area (Å²) in [7, 11) is 1.28. The maximum atomic E-state index is 12.9. The van der Waals surface area contributed by atoms with Crippen LogP contribution in [0.5, 0.6) is 0 Å². The van der Waals surface area contributed by atoms with Crippen molar-refractivity contribution in [2.24, 2.45) is 0 Å². The van der Waals surface area contributed by atoms with E-state index in [4.69, 9.17) is 4.74 Å². The van der Waals surface area contributed by atoms with Gasteiger partial charge in [0, 0.05) is 13.5 Å². The molecule has 0 aromatic heterocycles. The smallest absolute Gasteiger partial charge is 0.377 e. The van der Waals surface area contributed by atoms with Crippen LogP contribution in [-0.2, 0) is 10.9 Å². The Morgan fingerprint density at radius 2 is 1.82 bits per heavy atom. The number of rotatable bonds is 4. The zero-order chi connectivity index (χ0) is 13.1. The summed E-state index contributed by atoms with van der Waals surface area (Å²) in [6, 6.07) is 5.08. The average Bonchev–Trinajstić information content (AvgIpc) is 2.24. The van der Waals surface area contributed by atoms with Gasteiger partial charge in [-0.3, -0.25) is 0 Å². The van der Waals surface area contributed by atoms with Gasteiger partial charge in [0.25, 0.3) is 0 Å². The second-order valence-electron chi connectivity index (χ2n) is 3.83. The number of halogens is 4. The third-order valence-electron chi connectivity index (χ3n) is 2.44. The number of hydrogen-bond acceptors (Lipinski definition) is 1. The Bertz CT molecular complexity index is 360. The minimum atomic E-state index is -4.45. The molecule has 1 nitrogen and oxygen atoms in total. The lowest BCUT2D eigenvalue weighted by atomic mass is 9.98. The molecular weight excluding hydrogens is 236 g/mol. The maximum absolute atomic E-state index is 12.9. The van der Waals surface area contributed by atoms with Gasteiger partial charge in [0.15, 0.2) is 0 Å². The summed E-state index contributed by atoms with van der Waals surface area (Å²) in [4.78, 5) is 0. The van der Waals surface area contributed by atoms with E-state index in [1.807, 2.05) is 0 Å². The monoisotopic (exact) mass is 250 g/mol. The van der Waals surface area contributed by atoms with Crippen LogP contribution in [0.3, 0.4) is 0 Å². The van der Waals surface area contributed by atoms with E-state index in [2.05, 4.69) is 0 Å². The highest BCUT2D eigenvalue weighted by Crippen LogP contribution is 2.36. The predicted molar refractivity (Wildman–Crippen MR) is 56.4 cm³/mol. The zero-order valence-corrected chi connectivity index (χ0v) is 9.59. The standard InChI is InChI=1S/C12H14F4O/c1-8(13)7-11(17-2)9-5-3-4-6-10(9)12(14,15)16/h3-6,8,11H,7H2,1-2H3. The third-order valence-corrected chi connectivity index (χ3v) is 2.44. The fourth-order valence-corrected chi connectivity index (χ4v) is 1.68. The molecule has 2 unspecified atom stereocenters. The molecular formula is C12H14F4O. The quantitative estimate of drug-likeness (QED) is 0.730. The van der Waals surface area contributed by atoms with Crippen molar-refractivity contribution in [3.05, 3.63) is 35.4 Å². The summed E-state index contributed by atoms with van der Waals surface area (Å²) in [5.41, 5.74) is -0.792. The van der Waals surface area contributed by atoms with Gasteiger partial charge in [0.1, 0.15) is 6.17 Å². The molecule has 0 fully saturated rings. The van der Waals surface area contributed by atoms with Crippen LogP contribution in [0.2, 0.25) is 0 Å². The molecule has 96 valence electrons. The fourth-order valence-electron chi connectivity index (χ4n) is 1.68. The summed E-state index contributed by atoms with van der Waals surface area (Å²) in [6.45, 7) is 1.29. The minimum absolute atomic E-state index is 0.0213. The highest BCUT2D eigenvalue weighted by Gasteiger charge is 2.35. The van der Waals surface area contributed by atoms with E-state index in [1.54, 1.807) is 0 Å². The maximum Gasteiger partial charge on any atom is 0.416 e. The van der Waals surface area contributed by atoms with Crippen molar-refractivity contribution in [3.8, 4) is 0 Å². The molecule has 0 spiro atoms. The Morgan fingerprint density at radius 3 is 2.29 bits per heavy atom. The van der Waals surface area contributed by atoms with Crippen molar-refractivity contribution in [2.75, 3.05) is 7.11 Å². The van der Waals surface area contributed by atoms with Gasteiger partial charge in [-0.1, -0.05) is 18.2 Å². The number of ether oxygens (including phenoxy) is 1. The molecule has 1 aromatic rings. The van der Waals surface area contributed by atoms with Crippen LogP contribution in [0.4, 0.5) is 17.6 Å². The molecule has 0 saturated heterocycles. The predicted octanol–water partition coefficient (Wildman–Crippen LogP) is 4.14. The van der Waals surface area contributed by atoms with Crippen molar-refractivity contribution in [2.45, 2.75) is 31.8 Å². The van der Waals surface area contributed by atoms with Crippen molar-refractivity contribution < 1.29 is 22.3 Å². The van der Waals surface area contributed by atoms with Crippen LogP contribution < -0.4 is 0 Å². The molecule has 0 radical (unpaired) electrons. The summed E-state index contributed by atoms with van der Waals surface area (Å²) in [5, 5.41) is 0. The molecule has 0 aliphatic rings. The highest BCUT2D eigenvalue weighted by atomic mass is 19.4. The van der Waals surface area contributed by atoms with E-state index in [1.165, 1.54) is 32.2 Å². The van der Waals surface area contributed by atoms with Gasteiger partial charge in [-0.2, -0.15) is 13.2 Å². The van der Waals surface area contributed by atoms with Crippen molar-refractivity contribution in [3.63, 3.8) is 0 Å². The summed E-state index contributed by atoms with van der Waals surface area (Å²) in [5.74, 6) is 0. The first-order chi connectivity index (χ1) is 7.86. The van der Waals surface area contributed by atoms with Gasteiger partial charge in [-0.05, 0) is 18.6 Å². The molecule has 0 aliphatic heterocycles. The van der Waals surface area contributed by atoms with Gasteiger partial charge in [0.05, 0.1) is 11.7 Å². The van der Waals surface area contributed by atoms with Crippen LogP contribution >= 0.6 is 0 Å². The topological polar surface area (TPSA) is 9.23 Å². The molecule has 17 heavy (non-hydrogen) atoms. The first-order valence-electron chi connectivity index (χ1n) is 5.19. The van der Waals surface area contributed by atoms with E-state index in [0.717, 1.165) is 6.07 Å². The van der Waals surface area contributed by atoms with E-state index in [9.17, 15) is 17.6 Å². The van der Waals surface area contributed by atoms with Crippen molar-refractivity contribution in [1.82, 2.24) is 0 Å². The molecule has 2 atom stereocenters. The lowest BCUT2D eigenvalue weighted by Gasteiger charge is -2.21. The number of alkyl halides is 4. The van der Waals surface area contributed by atoms with Gasteiger partial charge >= 0.3 is 6.18 Å². The van der Waals surface area contributed by atoms with Gasteiger partial charge in [-0.15, -0.1) is 0 Å². The Balaban J connectivity index is 3.11. The van der Waals surface area contributed by atoms with E-state index < -0.39 is 24.0 Å². The van der Waals surface area contributed by atoms with Crippen molar-refractivity contribution in [1.29, 1.82) is 0 Å². The molecule has 1 aromatic carbocycles. The first kappa shape index (κ1) is 14.0. The fraction of sp³-hybridized carbons (Fsp3) is 0.500. The van der Waals surface area contributed by atoms with E-state index in [-0.39, 0.29) is 12.0 Å². The van der Waals surface area contributed by atoms with E-state index >= 15 is 0 Å². The highest BCUT2D eigenvalue weighted by molar-refractivity contribution is 5.31. The average molecular weight is 250 g/mol. The molecule has 1 rings (SSSR count). The molecule has 0 saturated carbocycles. The lowest BCUT2D eigenvalue weighted by Crippen LogP contribution is -2.15. The van der Waals surface area contributed by atoms with Gasteiger partial charge in [0.2, 0.25) is 0 Å². The van der Waals surface area contributed by atoms with Crippen molar-refractivity contribution >= 4 is 0 Å². The molecule has 0 N–H and O–H groups in total. The van der Waals surface area contributed by atoms with Gasteiger partial charge in [-0.25, -0.2) is 4.39 Å². The second kappa shape index (κ2) is 5.49. The number of hydrogen-bond donors (Lipinski definition) is 0. The normalized spacial score (nSPS) is 15.6. The Morgan fingerprint density at radius 1 is 1.24 bits per heavy atom. The summed E-state index contributed by atoms with van der Waals surface area (Å²) >= 11 is 0. The first-order valence-corrected chi connectivity index (χ1v) is 5.19. The molecule has 5 heteroatoms. The summed E-state index contributed by atoms with van der Waals surface area (Å²) in [6.07, 6.45) is -6.65. The molecule has 0 bridgehead atoms. The van der Waals surface area contributed by atoms with Crippen LogP contribution in [-0.4, -0.2) is 13.3 Å². The zero-order valence-electron chi connectivity index (χ0n) is 9.59. The van der Waals surface area contributed by atoms with Gasteiger partial charge < -0.3 is 4.74 Å². The summed E-state index contributed by atoms with van der Waals surface area (Å²) < 4.78 is 56.0. The van der Waals surface area contributed by atoms with Crippen LogP contribution in [0.15, 0.2) is 24.3 Å². The lowest BCUT2D eigenvalue weighted by molar-refractivity contribution is -0.139. The van der Waals surface area contributed by atoms with E-state index in [0.29, 0.717) is 0 Å². The largest absolute Gasteiger partial charge is 0.416 e. The number of methoxy groups -OCH3 is 1. The Hall–Kier alpha value is -1.10. The molecule has 0 heterocycles. The Labute approximate surface area is 97.4 Å². The van der Waals surface area contributed by atoms with Crippen LogP contribution in [0.25, 0.3) is 0 Å². The number of benzene rings is 1. The second-order valence-corrected chi connectivity index (χ2v) is 3.83. The SMILES string of the molecule is COC(CC(C)F)c1ccccc1C(F)(F)F. The minimum Gasteiger partial charge on any atom is -0.377 e. The van der Waals surface area contributed by atoms with Crippen LogP contribution in [0.1, 0.15) is 30.6 Å².